The van der Waals surface area contributed by atoms with Gasteiger partial charge in [0.25, 0.3) is 0 Å². The molecule has 0 spiro atoms. The molecule has 19 heavy (non-hydrogen) atoms. The number of hydrogen-bond acceptors (Lipinski definition) is 4. The highest BCUT2D eigenvalue weighted by molar-refractivity contribution is 5.80. The minimum atomic E-state index is -0.695. The number of esters is 1. The van der Waals surface area contributed by atoms with Crippen LogP contribution in [-0.2, 0) is 9.53 Å². The van der Waals surface area contributed by atoms with E-state index in [4.69, 9.17) is 4.74 Å². The van der Waals surface area contributed by atoms with Crippen LogP contribution in [0.2, 0.25) is 0 Å². The normalized spacial score (nSPS) is 16.2. The second kappa shape index (κ2) is 6.19. The van der Waals surface area contributed by atoms with E-state index in [0.717, 1.165) is 5.82 Å². The number of imidazole rings is 1. The number of ether oxygens (including phenoxy) is 1. The molecule has 0 fully saturated rings. The number of methoxy groups -OCH3 is 1. The Bertz CT molecular complexity index is 428. The van der Waals surface area contributed by atoms with Crippen LogP contribution in [0.15, 0.2) is 12.4 Å². The third-order valence-corrected chi connectivity index (χ3v) is 3.28. The van der Waals surface area contributed by atoms with Gasteiger partial charge in [-0.05, 0) is 41.0 Å². The van der Waals surface area contributed by atoms with Crippen LogP contribution >= 0.6 is 0 Å². The lowest BCUT2D eigenvalue weighted by Crippen LogP contribution is -2.54. The van der Waals surface area contributed by atoms with E-state index in [0.29, 0.717) is 6.42 Å². The topological polar surface area (TPSA) is 56.2 Å². The summed E-state index contributed by atoms with van der Waals surface area (Å²) in [4.78, 5) is 16.3. The first-order valence-corrected chi connectivity index (χ1v) is 6.65. The summed E-state index contributed by atoms with van der Waals surface area (Å²) >= 11 is 0. The number of aryl methyl sites for hydroxylation is 1. The van der Waals surface area contributed by atoms with Crippen molar-refractivity contribution in [1.29, 1.82) is 0 Å². The van der Waals surface area contributed by atoms with Crippen molar-refractivity contribution >= 4 is 5.97 Å². The SMILES string of the molecule is COC(=O)C(C)(CC(C)n1ccnc1C)NC(C)C. The lowest BCUT2D eigenvalue weighted by molar-refractivity contribution is -0.149. The van der Waals surface area contributed by atoms with Gasteiger partial charge in [-0.1, -0.05) is 0 Å². The molecular weight excluding hydrogens is 242 g/mol. The van der Waals surface area contributed by atoms with E-state index in [2.05, 4.69) is 21.8 Å². The molecule has 1 aromatic heterocycles. The highest BCUT2D eigenvalue weighted by Gasteiger charge is 2.36. The maximum Gasteiger partial charge on any atom is 0.325 e. The van der Waals surface area contributed by atoms with Crippen molar-refractivity contribution in [3.63, 3.8) is 0 Å². The van der Waals surface area contributed by atoms with Gasteiger partial charge in [0.1, 0.15) is 11.4 Å². The zero-order valence-electron chi connectivity index (χ0n) is 12.7. The van der Waals surface area contributed by atoms with Crippen LogP contribution in [-0.4, -0.2) is 34.2 Å². The molecule has 2 unspecified atom stereocenters. The molecule has 2 atom stereocenters. The predicted octanol–water partition coefficient (Wildman–Crippen LogP) is 2.07. The van der Waals surface area contributed by atoms with E-state index < -0.39 is 5.54 Å². The first kappa shape index (κ1) is 15.7. The molecule has 5 heteroatoms. The maximum absolute atomic E-state index is 12.0. The van der Waals surface area contributed by atoms with E-state index in [9.17, 15) is 4.79 Å². The van der Waals surface area contributed by atoms with Crippen molar-refractivity contribution < 1.29 is 9.53 Å². The molecule has 0 radical (unpaired) electrons. The molecule has 0 saturated heterocycles. The summed E-state index contributed by atoms with van der Waals surface area (Å²) in [5.41, 5.74) is -0.695. The Hall–Kier alpha value is -1.36. The van der Waals surface area contributed by atoms with Gasteiger partial charge in [-0.3, -0.25) is 10.1 Å². The summed E-state index contributed by atoms with van der Waals surface area (Å²) < 4.78 is 7.01. The molecule has 0 amide bonds. The Morgan fingerprint density at radius 1 is 1.53 bits per heavy atom. The molecule has 1 heterocycles. The number of rotatable bonds is 6. The minimum Gasteiger partial charge on any atom is -0.468 e. The van der Waals surface area contributed by atoms with E-state index in [-0.39, 0.29) is 18.1 Å². The van der Waals surface area contributed by atoms with E-state index in [1.54, 1.807) is 6.20 Å². The molecule has 0 aromatic carbocycles. The van der Waals surface area contributed by atoms with E-state index in [1.165, 1.54) is 7.11 Å². The zero-order chi connectivity index (χ0) is 14.6. The second-order valence-electron chi connectivity index (χ2n) is 5.56. The largest absolute Gasteiger partial charge is 0.468 e. The fourth-order valence-electron chi connectivity index (χ4n) is 2.61. The van der Waals surface area contributed by atoms with Crippen LogP contribution in [0.4, 0.5) is 0 Å². The molecule has 0 aliphatic rings. The quantitative estimate of drug-likeness (QED) is 0.802. The Morgan fingerprint density at radius 2 is 2.16 bits per heavy atom. The Labute approximate surface area is 115 Å². The van der Waals surface area contributed by atoms with Crippen molar-refractivity contribution in [3.05, 3.63) is 18.2 Å². The molecule has 0 aliphatic heterocycles. The monoisotopic (exact) mass is 267 g/mol. The summed E-state index contributed by atoms with van der Waals surface area (Å²) in [5.74, 6) is 0.718. The van der Waals surface area contributed by atoms with Gasteiger partial charge in [0, 0.05) is 24.5 Å². The number of aromatic nitrogens is 2. The summed E-state index contributed by atoms with van der Waals surface area (Å²) in [5, 5.41) is 3.31. The average molecular weight is 267 g/mol. The van der Waals surface area contributed by atoms with Crippen LogP contribution in [0, 0.1) is 6.92 Å². The van der Waals surface area contributed by atoms with Gasteiger partial charge in [0.15, 0.2) is 0 Å². The van der Waals surface area contributed by atoms with E-state index in [1.807, 2.05) is 33.9 Å². The third kappa shape index (κ3) is 3.80. The van der Waals surface area contributed by atoms with E-state index >= 15 is 0 Å². The van der Waals surface area contributed by atoms with Crippen LogP contribution < -0.4 is 5.32 Å². The van der Waals surface area contributed by atoms with Crippen LogP contribution in [0.3, 0.4) is 0 Å². The number of carbonyl (C=O) groups is 1. The Balaban J connectivity index is 2.89. The summed E-state index contributed by atoms with van der Waals surface area (Å²) in [7, 11) is 1.43. The van der Waals surface area contributed by atoms with Crippen LogP contribution in [0.5, 0.6) is 0 Å². The Morgan fingerprint density at radius 3 is 2.58 bits per heavy atom. The predicted molar refractivity (Wildman–Crippen MR) is 75.0 cm³/mol. The summed E-state index contributed by atoms with van der Waals surface area (Å²) in [6, 6.07) is 0.373. The molecule has 5 nitrogen and oxygen atoms in total. The molecule has 108 valence electrons. The van der Waals surface area contributed by atoms with Crippen LogP contribution in [0.25, 0.3) is 0 Å². The van der Waals surface area contributed by atoms with Crippen molar-refractivity contribution in [2.75, 3.05) is 7.11 Å². The highest BCUT2D eigenvalue weighted by Crippen LogP contribution is 2.23. The van der Waals surface area contributed by atoms with Crippen molar-refractivity contribution in [3.8, 4) is 0 Å². The average Bonchev–Trinajstić information content (AvgIpc) is 2.73. The van der Waals surface area contributed by atoms with Gasteiger partial charge in [-0.15, -0.1) is 0 Å². The van der Waals surface area contributed by atoms with Crippen molar-refractivity contribution in [2.24, 2.45) is 0 Å². The number of hydrogen-bond donors (Lipinski definition) is 1. The second-order valence-corrected chi connectivity index (χ2v) is 5.56. The maximum atomic E-state index is 12.0. The van der Waals surface area contributed by atoms with Gasteiger partial charge in [-0.25, -0.2) is 4.98 Å². The van der Waals surface area contributed by atoms with Gasteiger partial charge < -0.3 is 9.30 Å². The van der Waals surface area contributed by atoms with Crippen molar-refractivity contribution in [1.82, 2.24) is 14.9 Å². The molecule has 0 bridgehead atoms. The molecule has 1 rings (SSSR count). The fraction of sp³-hybridized carbons (Fsp3) is 0.714. The smallest absolute Gasteiger partial charge is 0.325 e. The lowest BCUT2D eigenvalue weighted by Gasteiger charge is -2.33. The Kier molecular flexibility index (Phi) is 5.11. The van der Waals surface area contributed by atoms with Gasteiger partial charge in [0.05, 0.1) is 7.11 Å². The summed E-state index contributed by atoms with van der Waals surface area (Å²) in [6.07, 6.45) is 4.36. The third-order valence-electron chi connectivity index (χ3n) is 3.28. The highest BCUT2D eigenvalue weighted by atomic mass is 16.5. The zero-order valence-corrected chi connectivity index (χ0v) is 12.7. The number of carbonyl (C=O) groups excluding carboxylic acids is 1. The minimum absolute atomic E-state index is 0.165. The first-order valence-electron chi connectivity index (χ1n) is 6.65. The first-order chi connectivity index (χ1) is 8.80. The van der Waals surface area contributed by atoms with Gasteiger partial charge >= 0.3 is 5.97 Å². The molecule has 0 saturated carbocycles. The number of nitrogens with one attached hydrogen (secondary N) is 1. The van der Waals surface area contributed by atoms with Crippen molar-refractivity contribution in [2.45, 2.75) is 58.7 Å². The van der Waals surface area contributed by atoms with Gasteiger partial charge in [-0.2, -0.15) is 0 Å². The van der Waals surface area contributed by atoms with Crippen LogP contribution in [0.1, 0.15) is 46.0 Å². The number of nitrogens with zero attached hydrogens (tertiary/aromatic N) is 2. The molecular formula is C14H25N3O2. The summed E-state index contributed by atoms with van der Waals surface area (Å²) in [6.45, 7) is 9.98. The molecule has 1 aromatic rings. The fourth-order valence-corrected chi connectivity index (χ4v) is 2.61. The standard InChI is InChI=1S/C14H25N3O2/c1-10(2)16-14(5,13(18)19-6)9-11(3)17-8-7-15-12(17)4/h7-8,10-11,16H,9H2,1-6H3. The van der Waals surface area contributed by atoms with Gasteiger partial charge in [0.2, 0.25) is 0 Å². The molecule has 0 aliphatic carbocycles. The molecule has 1 N–H and O–H groups in total. The lowest BCUT2D eigenvalue weighted by atomic mass is 9.92.